The lowest BCUT2D eigenvalue weighted by atomic mass is 10.1. The van der Waals surface area contributed by atoms with Crippen molar-refractivity contribution < 1.29 is 4.74 Å². The summed E-state index contributed by atoms with van der Waals surface area (Å²) in [6, 6.07) is 14.3. The summed E-state index contributed by atoms with van der Waals surface area (Å²) in [5, 5.41) is 0. The number of hydrogen-bond acceptors (Lipinski definition) is 2. The maximum atomic E-state index is 6.00. The van der Waals surface area contributed by atoms with Crippen LogP contribution in [0.2, 0.25) is 0 Å². The third kappa shape index (κ3) is 3.36. The fraction of sp³-hybridized carbons (Fsp3) is 0.294. The molecule has 0 bridgehead atoms. The molecule has 0 unspecified atom stereocenters. The van der Waals surface area contributed by atoms with Crippen molar-refractivity contribution in [1.29, 1.82) is 0 Å². The second kappa shape index (κ2) is 5.89. The number of rotatable bonds is 4. The Bertz CT molecular complexity index is 546. The molecule has 0 radical (unpaired) electrons. The van der Waals surface area contributed by atoms with Crippen LogP contribution in [-0.2, 0) is 0 Å². The third-order valence-electron chi connectivity index (χ3n) is 3.31. The van der Waals surface area contributed by atoms with Crippen LogP contribution in [0, 0.1) is 13.8 Å². The van der Waals surface area contributed by atoms with Crippen LogP contribution in [0.1, 0.15) is 36.1 Å². The van der Waals surface area contributed by atoms with Crippen molar-refractivity contribution >= 4 is 0 Å². The SMILES string of the molecule is CC[C@@H](N)c1ccc(Oc2ccc(C)cc2C)cc1. The van der Waals surface area contributed by atoms with Crippen molar-refractivity contribution in [2.75, 3.05) is 0 Å². The third-order valence-corrected chi connectivity index (χ3v) is 3.31. The van der Waals surface area contributed by atoms with E-state index in [-0.39, 0.29) is 6.04 Å². The van der Waals surface area contributed by atoms with Crippen LogP contribution in [0.25, 0.3) is 0 Å². The van der Waals surface area contributed by atoms with Gasteiger partial charge < -0.3 is 10.5 Å². The van der Waals surface area contributed by atoms with Gasteiger partial charge in [-0.05, 0) is 49.6 Å². The van der Waals surface area contributed by atoms with Crippen LogP contribution in [-0.4, -0.2) is 0 Å². The molecular weight excluding hydrogens is 234 g/mol. The molecule has 2 aromatic carbocycles. The zero-order chi connectivity index (χ0) is 13.8. The molecule has 100 valence electrons. The number of aryl methyl sites for hydroxylation is 2. The highest BCUT2D eigenvalue weighted by molar-refractivity contribution is 5.40. The highest BCUT2D eigenvalue weighted by Gasteiger charge is 2.05. The average Bonchev–Trinajstić information content (AvgIpc) is 2.42. The van der Waals surface area contributed by atoms with Crippen LogP contribution in [0.4, 0.5) is 0 Å². The zero-order valence-electron chi connectivity index (χ0n) is 11.8. The first-order valence-corrected chi connectivity index (χ1v) is 6.71. The minimum Gasteiger partial charge on any atom is -0.457 e. The zero-order valence-corrected chi connectivity index (χ0v) is 11.8. The number of benzene rings is 2. The van der Waals surface area contributed by atoms with Crippen LogP contribution >= 0.6 is 0 Å². The monoisotopic (exact) mass is 255 g/mol. The summed E-state index contributed by atoms with van der Waals surface area (Å²) in [5.74, 6) is 1.75. The van der Waals surface area contributed by atoms with Crippen LogP contribution in [0.5, 0.6) is 11.5 Å². The first-order chi connectivity index (χ1) is 9.10. The Morgan fingerprint density at radius 2 is 1.74 bits per heavy atom. The van der Waals surface area contributed by atoms with E-state index in [9.17, 15) is 0 Å². The van der Waals surface area contributed by atoms with Crippen LogP contribution in [0.3, 0.4) is 0 Å². The summed E-state index contributed by atoms with van der Waals surface area (Å²) in [6.07, 6.45) is 0.942. The number of ether oxygens (including phenoxy) is 1. The molecule has 0 amide bonds. The summed E-state index contributed by atoms with van der Waals surface area (Å²) in [7, 11) is 0. The van der Waals surface area contributed by atoms with E-state index in [1.165, 1.54) is 5.56 Å². The molecule has 2 nitrogen and oxygen atoms in total. The molecule has 19 heavy (non-hydrogen) atoms. The molecule has 0 aromatic heterocycles. The van der Waals surface area contributed by atoms with Gasteiger partial charge in [-0.3, -0.25) is 0 Å². The highest BCUT2D eigenvalue weighted by Crippen LogP contribution is 2.26. The lowest BCUT2D eigenvalue weighted by Gasteiger charge is -2.12. The van der Waals surface area contributed by atoms with E-state index in [1.807, 2.05) is 30.3 Å². The first-order valence-electron chi connectivity index (χ1n) is 6.71. The van der Waals surface area contributed by atoms with E-state index >= 15 is 0 Å². The predicted molar refractivity (Wildman–Crippen MR) is 79.7 cm³/mol. The maximum absolute atomic E-state index is 6.00. The van der Waals surface area contributed by atoms with Gasteiger partial charge >= 0.3 is 0 Å². The molecule has 0 aliphatic heterocycles. The van der Waals surface area contributed by atoms with Gasteiger partial charge in [-0.15, -0.1) is 0 Å². The molecule has 0 aliphatic carbocycles. The second-order valence-electron chi connectivity index (χ2n) is 4.95. The van der Waals surface area contributed by atoms with E-state index in [4.69, 9.17) is 10.5 Å². The fourth-order valence-electron chi connectivity index (χ4n) is 2.06. The molecule has 0 fully saturated rings. The maximum Gasteiger partial charge on any atom is 0.130 e. The topological polar surface area (TPSA) is 35.2 Å². The quantitative estimate of drug-likeness (QED) is 0.872. The molecule has 0 heterocycles. The molecule has 0 saturated heterocycles. The molecule has 0 saturated carbocycles. The number of hydrogen-bond donors (Lipinski definition) is 1. The van der Waals surface area contributed by atoms with Gasteiger partial charge in [0, 0.05) is 6.04 Å². The molecule has 2 heteroatoms. The Balaban J connectivity index is 2.15. The Morgan fingerprint density at radius 1 is 1.05 bits per heavy atom. The van der Waals surface area contributed by atoms with E-state index in [1.54, 1.807) is 0 Å². The van der Waals surface area contributed by atoms with Gasteiger partial charge in [0.25, 0.3) is 0 Å². The summed E-state index contributed by atoms with van der Waals surface area (Å²) < 4.78 is 5.89. The lowest BCUT2D eigenvalue weighted by Crippen LogP contribution is -2.08. The standard InChI is InChI=1S/C17H21NO/c1-4-16(18)14-6-8-15(9-7-14)19-17-10-5-12(2)11-13(17)3/h5-11,16H,4,18H2,1-3H3/t16-/m1/s1. The molecule has 1 atom stereocenters. The van der Waals surface area contributed by atoms with Crippen molar-refractivity contribution in [3.8, 4) is 11.5 Å². The molecule has 2 aromatic rings. The van der Waals surface area contributed by atoms with Crippen molar-refractivity contribution in [3.63, 3.8) is 0 Å². The van der Waals surface area contributed by atoms with Crippen LogP contribution < -0.4 is 10.5 Å². The fourth-order valence-corrected chi connectivity index (χ4v) is 2.06. The molecule has 0 spiro atoms. The van der Waals surface area contributed by atoms with Crippen molar-refractivity contribution in [3.05, 3.63) is 59.2 Å². The van der Waals surface area contributed by atoms with Crippen LogP contribution in [0.15, 0.2) is 42.5 Å². The van der Waals surface area contributed by atoms with Crippen molar-refractivity contribution in [1.82, 2.24) is 0 Å². The number of nitrogens with two attached hydrogens (primary N) is 1. The second-order valence-corrected chi connectivity index (χ2v) is 4.95. The Kier molecular flexibility index (Phi) is 4.23. The van der Waals surface area contributed by atoms with Gasteiger partial charge in [-0.1, -0.05) is 36.8 Å². The first kappa shape index (κ1) is 13.6. The van der Waals surface area contributed by atoms with Gasteiger partial charge in [0.05, 0.1) is 0 Å². The lowest BCUT2D eigenvalue weighted by molar-refractivity contribution is 0.478. The summed E-state index contributed by atoms with van der Waals surface area (Å²) in [6.45, 7) is 6.23. The van der Waals surface area contributed by atoms with Crippen molar-refractivity contribution in [2.45, 2.75) is 33.2 Å². The molecular formula is C17H21NO. The molecule has 0 aliphatic rings. The average molecular weight is 255 g/mol. The molecule has 2 rings (SSSR count). The van der Waals surface area contributed by atoms with Gasteiger partial charge in [0.1, 0.15) is 11.5 Å². The molecule has 2 N–H and O–H groups in total. The van der Waals surface area contributed by atoms with Gasteiger partial charge in [-0.2, -0.15) is 0 Å². The Morgan fingerprint density at radius 3 is 2.32 bits per heavy atom. The summed E-state index contributed by atoms with van der Waals surface area (Å²) >= 11 is 0. The summed E-state index contributed by atoms with van der Waals surface area (Å²) in [5.41, 5.74) is 9.54. The summed E-state index contributed by atoms with van der Waals surface area (Å²) in [4.78, 5) is 0. The van der Waals surface area contributed by atoms with Gasteiger partial charge in [0.2, 0.25) is 0 Å². The smallest absolute Gasteiger partial charge is 0.130 e. The Hall–Kier alpha value is -1.80. The van der Waals surface area contributed by atoms with Gasteiger partial charge in [-0.25, -0.2) is 0 Å². The van der Waals surface area contributed by atoms with E-state index in [0.717, 1.165) is 29.0 Å². The Labute approximate surface area is 115 Å². The normalized spacial score (nSPS) is 12.2. The highest BCUT2D eigenvalue weighted by atomic mass is 16.5. The van der Waals surface area contributed by atoms with Crippen molar-refractivity contribution in [2.24, 2.45) is 5.73 Å². The van der Waals surface area contributed by atoms with E-state index < -0.39 is 0 Å². The van der Waals surface area contributed by atoms with Gasteiger partial charge in [0.15, 0.2) is 0 Å². The van der Waals surface area contributed by atoms with E-state index in [0.29, 0.717) is 0 Å². The van der Waals surface area contributed by atoms with E-state index in [2.05, 4.69) is 32.9 Å². The largest absolute Gasteiger partial charge is 0.457 e. The minimum absolute atomic E-state index is 0.107. The minimum atomic E-state index is 0.107. The predicted octanol–water partition coefficient (Wildman–Crippen LogP) is 4.51.